The van der Waals surface area contributed by atoms with Gasteiger partial charge >= 0.3 is 0 Å². The van der Waals surface area contributed by atoms with Gasteiger partial charge in [-0.25, -0.2) is 22.8 Å². The van der Waals surface area contributed by atoms with E-state index in [-0.39, 0.29) is 22.6 Å². The first-order valence-electron chi connectivity index (χ1n) is 40.3. The Bertz CT molecular complexity index is 4840. The summed E-state index contributed by atoms with van der Waals surface area (Å²) in [5.41, 5.74) is 17.6. The first-order valence-corrected chi connectivity index (χ1v) is 28.8. The number of rotatable bonds is 10. The molecule has 0 aliphatic carbocycles. The van der Waals surface area contributed by atoms with Crippen LogP contribution >= 0.6 is 0 Å². The van der Waals surface area contributed by atoms with Crippen molar-refractivity contribution in [2.24, 2.45) is 35.2 Å². The molecule has 10 aromatic heterocycles. The minimum atomic E-state index is -2.49. The van der Waals surface area contributed by atoms with E-state index in [1.54, 1.807) is 123 Å². The summed E-state index contributed by atoms with van der Waals surface area (Å²) in [6, 6.07) is 27.6. The van der Waals surface area contributed by atoms with Crippen LogP contribution in [-0.4, -0.2) is 24.9 Å². The lowest BCUT2D eigenvalue weighted by molar-refractivity contribution is -0.661. The van der Waals surface area contributed by atoms with E-state index in [0.29, 0.717) is 16.7 Å². The van der Waals surface area contributed by atoms with Crippen molar-refractivity contribution in [2.45, 2.75) is 154 Å². The van der Waals surface area contributed by atoms with E-state index in [1.807, 2.05) is 143 Å². The summed E-state index contributed by atoms with van der Waals surface area (Å²) < 4.78 is 186. The van der Waals surface area contributed by atoms with E-state index in [1.165, 1.54) is 34.6 Å². The molecule has 10 aromatic rings. The maximum Gasteiger partial charge on any atom is 0.214 e. The van der Waals surface area contributed by atoms with Gasteiger partial charge < -0.3 is 0 Å². The average Bonchev–Trinajstić information content (AvgIpc) is 0.785. The molecule has 10 heteroatoms. The fourth-order valence-corrected chi connectivity index (χ4v) is 9.50. The van der Waals surface area contributed by atoms with Gasteiger partial charge in [-0.1, -0.05) is 68.9 Å². The Morgan fingerprint density at radius 1 is 0.352 bits per heavy atom. The molecule has 458 valence electrons. The van der Waals surface area contributed by atoms with Gasteiger partial charge in [-0.15, -0.1) is 0 Å². The van der Waals surface area contributed by atoms with Gasteiger partial charge in [-0.2, -0.15) is 0 Å². The Morgan fingerprint density at radius 3 is 1.26 bits per heavy atom. The van der Waals surface area contributed by atoms with E-state index < -0.39 is 70.6 Å². The molecule has 0 saturated heterocycles. The summed E-state index contributed by atoms with van der Waals surface area (Å²) in [5, 5.41) is 0. The Morgan fingerprint density at radius 2 is 0.784 bits per heavy atom. The second-order valence-corrected chi connectivity index (χ2v) is 22.2. The van der Waals surface area contributed by atoms with Crippen molar-refractivity contribution < 1.29 is 54.4 Å². The molecule has 0 radical (unpaired) electrons. The van der Waals surface area contributed by atoms with Crippen molar-refractivity contribution in [1.82, 2.24) is 24.9 Å². The number of aromatic nitrogens is 10. The van der Waals surface area contributed by atoms with Crippen molar-refractivity contribution >= 4 is 0 Å². The summed E-state index contributed by atoms with van der Waals surface area (Å²) >= 11 is 0. The molecule has 10 nitrogen and oxygen atoms in total. The molecule has 0 amide bonds. The van der Waals surface area contributed by atoms with Gasteiger partial charge in [0.2, 0.25) is 28.5 Å². The van der Waals surface area contributed by atoms with Gasteiger partial charge in [0, 0.05) is 152 Å². The molecule has 0 N–H and O–H groups in total. The van der Waals surface area contributed by atoms with E-state index >= 15 is 0 Å². The van der Waals surface area contributed by atoms with Crippen LogP contribution in [0.4, 0.5) is 0 Å². The van der Waals surface area contributed by atoms with Crippen LogP contribution in [0, 0.1) is 55.3 Å². The van der Waals surface area contributed by atoms with Crippen molar-refractivity contribution in [1.29, 1.82) is 0 Å². The minimum absolute atomic E-state index is 0.178. The fourth-order valence-electron chi connectivity index (χ4n) is 9.50. The lowest BCUT2D eigenvalue weighted by atomic mass is 10.0. The third-order valence-corrected chi connectivity index (χ3v) is 14.9. The third kappa shape index (κ3) is 18.1. The van der Waals surface area contributed by atoms with E-state index in [9.17, 15) is 0 Å². The first-order chi connectivity index (χ1) is 50.6. The topological polar surface area (TPSA) is 83.8 Å². The molecule has 0 aromatic carbocycles. The molecule has 5 unspecified atom stereocenters. The first kappa shape index (κ1) is 42.4. The Kier molecular flexibility index (Phi) is 15.1. The van der Waals surface area contributed by atoms with Crippen LogP contribution < -0.4 is 22.8 Å². The van der Waals surface area contributed by atoms with Crippen molar-refractivity contribution in [3.8, 4) is 56.3 Å². The normalized spacial score (nSPS) is 19.0. The van der Waals surface area contributed by atoms with Gasteiger partial charge in [0.1, 0.15) is 35.2 Å². The molecule has 10 heterocycles. The quantitative estimate of drug-likeness (QED) is 0.127. The molecule has 5 atom stereocenters. The largest absolute Gasteiger partial charge is 0.264 e. The summed E-state index contributed by atoms with van der Waals surface area (Å²) in [7, 11) is 9.40. The molecule has 0 bridgehead atoms. The van der Waals surface area contributed by atoms with Crippen LogP contribution in [0.3, 0.4) is 0 Å². The highest BCUT2D eigenvalue weighted by molar-refractivity contribution is 5.63. The molecule has 0 saturated carbocycles. The average molecular weight is 1200 g/mol. The standard InChI is InChI=1S/C17H23N2.C16H21N2.3C15H19N2/c1-11(2)16-7-13(4)15(9-18-16)17-8-12(3)14(5)10-19(17)6;1-11(2)15-9-13(4)14(10-17-15)16-8-12(3)6-7-18(16)5;1-11(2)13-6-8-17(4)15(9-13)14-10-16-7-5-12(14)3;1-11(2)13-5-6-15(17(4)10-13)14-9-16-8-7-12(14)3;1-11(2)14-9-12(3)13(10-16-14)15-7-5-6-8-17(15)4/h7-11H,1-6H3;6-11H,1-5H3;3*5-11H,1-4H3/q5*+1/i1D3,5D3,11D;4*1D3,11D. The third-order valence-electron chi connectivity index (χ3n) is 14.9. The van der Waals surface area contributed by atoms with E-state index in [2.05, 4.69) is 31.0 Å². The zero-order chi connectivity index (χ0) is 84.3. The van der Waals surface area contributed by atoms with Crippen molar-refractivity contribution in [2.75, 3.05) is 0 Å². The molecule has 0 aliphatic heterocycles. The monoisotopic (exact) mass is 1200 g/mol. The number of pyridine rings is 10. The zero-order valence-electron chi connectivity index (χ0n) is 77.1. The Balaban J connectivity index is 0.000000217. The fraction of sp³-hybridized carbons (Fsp3) is 0.359. The highest BCUT2D eigenvalue weighted by atomic mass is 14.9. The zero-order valence-corrected chi connectivity index (χ0v) is 54.1. The smallest absolute Gasteiger partial charge is 0.214 e. The second-order valence-electron chi connectivity index (χ2n) is 22.2. The maximum atomic E-state index is 8.21. The summed E-state index contributed by atoms with van der Waals surface area (Å²) in [4.78, 5) is 21.0. The highest BCUT2D eigenvalue weighted by Gasteiger charge is 2.20. The number of hydrogen-bond acceptors (Lipinski definition) is 5. The van der Waals surface area contributed by atoms with Gasteiger partial charge in [0.25, 0.3) is 0 Å². The lowest BCUT2D eigenvalue weighted by Crippen LogP contribution is -2.31. The molecule has 10 rings (SSSR count). The van der Waals surface area contributed by atoms with Crippen molar-refractivity contribution in [3.63, 3.8) is 0 Å². The highest BCUT2D eigenvalue weighted by Crippen LogP contribution is 2.28. The molecule has 88 heavy (non-hydrogen) atoms. The maximum absolute atomic E-state index is 8.21. The summed E-state index contributed by atoms with van der Waals surface area (Å²) in [6.07, 6.45) is 20.9. The Hall–Kier alpha value is -8.50. The minimum Gasteiger partial charge on any atom is -0.264 e. The molecular weight excluding hydrogens is 1080 g/mol. The molecule has 0 spiro atoms. The predicted molar refractivity (Wildman–Crippen MR) is 363 cm³/mol. The second kappa shape index (κ2) is 31.4. The lowest BCUT2D eigenvalue weighted by Gasteiger charge is -2.10. The van der Waals surface area contributed by atoms with Gasteiger partial charge in [-0.05, 0) is 172 Å². The van der Waals surface area contributed by atoms with Crippen LogP contribution in [0.1, 0.15) is 203 Å². The number of nitrogens with zero attached hydrogens (tertiary/aromatic N) is 10. The number of aryl methyl sites for hydroxylation is 13. The van der Waals surface area contributed by atoms with Crippen LogP contribution in [0.5, 0.6) is 0 Å². The van der Waals surface area contributed by atoms with Crippen LogP contribution in [-0.2, 0) is 35.2 Å². The predicted octanol–water partition coefficient (Wildman–Crippen LogP) is 15.9. The molecular formula is C78H101N10+5. The van der Waals surface area contributed by atoms with Gasteiger partial charge in [-0.3, -0.25) is 24.9 Å². The summed E-state index contributed by atoms with van der Waals surface area (Å²) in [5.74, 6) is -8.51. The van der Waals surface area contributed by atoms with Crippen LogP contribution in [0.2, 0.25) is 0 Å². The molecule has 0 aliphatic rings. The summed E-state index contributed by atoms with van der Waals surface area (Å²) in [6.45, 7) is 6.08. The van der Waals surface area contributed by atoms with E-state index in [0.717, 1.165) is 89.7 Å². The SMILES string of the molecule is [2H]C([2H])([2H])C([2H])(C)c1cc(C)c(-c2cc(C)cc[n+]2C)cn1.[2H]C([2H])([2H])C([2H])(C)c1cc(C)c(-c2cccc[n+]2C)cn1.[2H]C([2H])([2H])C([2H])(C)c1cc[n+](C)c(-c2cnccc2C)c1.[2H]C([2H])([2H])C([2H])(C)c1ccc(-c2cnccc2C)[n+](C)c1.[2H]C([2H])([2H])c1c[n+](C)c(-c2cnc(C([2H])(C)C([2H])([2H])[2H])cc2C)cc1C. The Labute approximate surface area is 561 Å². The van der Waals surface area contributed by atoms with Gasteiger partial charge in [0.05, 0.1) is 27.8 Å². The van der Waals surface area contributed by atoms with Crippen LogP contribution in [0.25, 0.3) is 56.3 Å². The molecule has 0 fully saturated rings. The van der Waals surface area contributed by atoms with Crippen molar-refractivity contribution in [3.05, 3.63) is 238 Å². The van der Waals surface area contributed by atoms with Gasteiger partial charge in [0.15, 0.2) is 31.0 Å². The van der Waals surface area contributed by atoms with Crippen LogP contribution in [0.15, 0.2) is 165 Å². The number of hydrogen-bond donors (Lipinski definition) is 0. The van der Waals surface area contributed by atoms with E-state index in [4.69, 9.17) is 31.5 Å².